The fourth-order valence-corrected chi connectivity index (χ4v) is 4.56. The van der Waals surface area contributed by atoms with Crippen molar-refractivity contribution >= 4 is 34.7 Å². The summed E-state index contributed by atoms with van der Waals surface area (Å²) >= 11 is 5.35. The molecule has 8 nitrogen and oxygen atoms in total. The van der Waals surface area contributed by atoms with Crippen LogP contribution in [0, 0.1) is 10.6 Å². The van der Waals surface area contributed by atoms with Crippen molar-refractivity contribution in [3.05, 3.63) is 69.0 Å². The molecule has 1 aliphatic rings. The van der Waals surface area contributed by atoms with Gasteiger partial charge in [0.1, 0.15) is 5.82 Å². The van der Waals surface area contributed by atoms with E-state index in [1.54, 1.807) is 37.4 Å². The first-order chi connectivity index (χ1) is 17.0. The van der Waals surface area contributed by atoms with E-state index in [2.05, 4.69) is 20.1 Å². The minimum atomic E-state index is -0.230. The van der Waals surface area contributed by atoms with E-state index >= 15 is 0 Å². The molecule has 1 fully saturated rings. The molecule has 0 unspecified atom stereocenters. The number of amides is 1. The lowest BCUT2D eigenvalue weighted by Gasteiger charge is -2.36. The monoisotopic (exact) mass is 499 g/mol. The Hall–Kier alpha value is -3.08. The maximum Gasteiger partial charge on any atom is 0.262 e. The summed E-state index contributed by atoms with van der Waals surface area (Å²) in [6.07, 6.45) is 0.682. The predicted octanol–water partition coefficient (Wildman–Crippen LogP) is 2.79. The number of carbonyl (C=O) groups is 1. The Balaban J connectivity index is 1.30. The second-order valence-corrected chi connectivity index (χ2v) is 8.94. The number of ether oxygens (including phenoxy) is 1. The second kappa shape index (κ2) is 11.6. The van der Waals surface area contributed by atoms with Crippen LogP contribution in [0.2, 0.25) is 0 Å². The third kappa shape index (κ3) is 6.14. The van der Waals surface area contributed by atoms with Crippen molar-refractivity contribution in [3.63, 3.8) is 0 Å². The molecule has 2 heterocycles. The zero-order valence-corrected chi connectivity index (χ0v) is 20.6. The summed E-state index contributed by atoms with van der Waals surface area (Å²) in [6, 6.07) is 11.6. The molecule has 2 N–H and O–H groups in total. The van der Waals surface area contributed by atoms with Crippen LogP contribution in [-0.2, 0) is 11.3 Å². The van der Waals surface area contributed by atoms with Crippen LogP contribution in [0.25, 0.3) is 10.9 Å². The van der Waals surface area contributed by atoms with Crippen molar-refractivity contribution in [2.75, 3.05) is 57.9 Å². The van der Waals surface area contributed by atoms with Crippen LogP contribution >= 0.6 is 12.2 Å². The number of rotatable bonds is 9. The second-order valence-electron chi connectivity index (χ2n) is 8.55. The van der Waals surface area contributed by atoms with E-state index < -0.39 is 0 Å². The molecule has 1 saturated heterocycles. The summed E-state index contributed by atoms with van der Waals surface area (Å²) in [5.41, 5.74) is 1.87. The topological polar surface area (TPSA) is 82.6 Å². The van der Waals surface area contributed by atoms with Crippen molar-refractivity contribution in [2.45, 2.75) is 13.0 Å². The van der Waals surface area contributed by atoms with Gasteiger partial charge in [-0.1, -0.05) is 0 Å². The number of halogens is 1. The number of hydrogen-bond donors (Lipinski definition) is 2. The summed E-state index contributed by atoms with van der Waals surface area (Å²) in [6.45, 7) is 5.72. The van der Waals surface area contributed by atoms with Gasteiger partial charge in [0.15, 0.2) is 4.77 Å². The van der Waals surface area contributed by atoms with Crippen LogP contribution < -0.4 is 15.8 Å². The molecule has 2 aromatic carbocycles. The maximum atomic E-state index is 13.1. The smallest absolute Gasteiger partial charge is 0.262 e. The number of nitrogens with one attached hydrogen (secondary N) is 2. The highest BCUT2D eigenvalue weighted by Gasteiger charge is 2.17. The van der Waals surface area contributed by atoms with E-state index in [-0.39, 0.29) is 17.3 Å². The molecule has 1 aliphatic heterocycles. The van der Waals surface area contributed by atoms with E-state index in [1.807, 2.05) is 0 Å². The molecule has 0 saturated carbocycles. The number of nitrogens with zero attached hydrogens (tertiary/aromatic N) is 3. The number of piperazine rings is 1. The molecule has 0 spiro atoms. The molecule has 186 valence electrons. The van der Waals surface area contributed by atoms with E-state index in [0.717, 1.165) is 38.4 Å². The van der Waals surface area contributed by atoms with Gasteiger partial charge in [0.2, 0.25) is 0 Å². The first-order valence-corrected chi connectivity index (χ1v) is 12.1. The average molecular weight is 500 g/mol. The molecular formula is C25H30FN5O3S. The lowest BCUT2D eigenvalue weighted by atomic mass is 10.1. The summed E-state index contributed by atoms with van der Waals surface area (Å²) in [5, 5.41) is 3.45. The van der Waals surface area contributed by atoms with Crippen LogP contribution in [0.1, 0.15) is 16.8 Å². The van der Waals surface area contributed by atoms with Crippen LogP contribution in [-0.4, -0.2) is 73.3 Å². The number of carbonyl (C=O) groups excluding carboxylic acids is 1. The number of aromatic nitrogens is 2. The number of benzene rings is 2. The first kappa shape index (κ1) is 25.0. The Morgan fingerprint density at radius 1 is 1.11 bits per heavy atom. The number of aromatic amines is 1. The summed E-state index contributed by atoms with van der Waals surface area (Å²) in [5.74, 6) is -0.424. The normalized spacial score (nSPS) is 14.4. The van der Waals surface area contributed by atoms with E-state index in [1.165, 1.54) is 16.7 Å². The summed E-state index contributed by atoms with van der Waals surface area (Å²) < 4.78 is 20.0. The van der Waals surface area contributed by atoms with Crippen molar-refractivity contribution in [2.24, 2.45) is 0 Å². The Kier molecular flexibility index (Phi) is 8.27. The lowest BCUT2D eigenvalue weighted by Crippen LogP contribution is -2.48. The molecule has 1 aromatic heterocycles. The molecule has 0 aliphatic carbocycles. The van der Waals surface area contributed by atoms with Gasteiger partial charge < -0.3 is 19.9 Å². The van der Waals surface area contributed by atoms with Crippen LogP contribution in [0.3, 0.4) is 0 Å². The SMILES string of the molecule is COCCCn1c(=S)[nH]c2cc(C(=O)NCCN3CCN(c4ccc(F)cc4)CC3)ccc2c1=O. The van der Waals surface area contributed by atoms with Gasteiger partial charge in [-0.25, -0.2) is 4.39 Å². The molecule has 0 atom stereocenters. The summed E-state index contributed by atoms with van der Waals surface area (Å²) in [7, 11) is 1.62. The number of fused-ring (bicyclic) bond motifs is 1. The zero-order valence-electron chi connectivity index (χ0n) is 19.8. The highest BCUT2D eigenvalue weighted by atomic mass is 32.1. The Morgan fingerprint density at radius 2 is 1.86 bits per heavy atom. The summed E-state index contributed by atoms with van der Waals surface area (Å²) in [4.78, 5) is 33.1. The van der Waals surface area contributed by atoms with Gasteiger partial charge in [-0.2, -0.15) is 0 Å². The zero-order chi connectivity index (χ0) is 24.8. The molecule has 0 bridgehead atoms. The highest BCUT2D eigenvalue weighted by Crippen LogP contribution is 2.17. The molecular weight excluding hydrogens is 469 g/mol. The maximum absolute atomic E-state index is 13.1. The number of anilines is 1. The molecule has 1 amide bonds. The van der Waals surface area contributed by atoms with Crippen LogP contribution in [0.4, 0.5) is 10.1 Å². The Labute approximate surface area is 208 Å². The van der Waals surface area contributed by atoms with Crippen LogP contribution in [0.5, 0.6) is 0 Å². The fourth-order valence-electron chi connectivity index (χ4n) is 4.28. The molecule has 10 heteroatoms. The number of hydrogen-bond acceptors (Lipinski definition) is 6. The van der Waals surface area contributed by atoms with Crippen molar-refractivity contribution < 1.29 is 13.9 Å². The van der Waals surface area contributed by atoms with Gasteiger partial charge in [-0.05, 0) is 61.1 Å². The quantitative estimate of drug-likeness (QED) is 0.348. The standard InChI is InChI=1S/C25H30FN5O3S/c1-34-16-2-10-31-24(33)21-8-3-18(17-22(21)28-25(31)35)23(32)27-9-11-29-12-14-30(15-13-29)20-6-4-19(26)5-7-20/h3-8,17H,2,9-16H2,1H3,(H,27,32)(H,28,35). The molecule has 4 rings (SSSR count). The van der Waals surface area contributed by atoms with E-state index in [4.69, 9.17) is 17.0 Å². The predicted molar refractivity (Wildman–Crippen MR) is 137 cm³/mol. The van der Waals surface area contributed by atoms with E-state index in [0.29, 0.717) is 47.4 Å². The largest absolute Gasteiger partial charge is 0.385 e. The van der Waals surface area contributed by atoms with Gasteiger partial charge >= 0.3 is 0 Å². The van der Waals surface area contributed by atoms with Gasteiger partial charge in [-0.3, -0.25) is 19.1 Å². The molecule has 35 heavy (non-hydrogen) atoms. The van der Waals surface area contributed by atoms with Gasteiger partial charge in [-0.15, -0.1) is 0 Å². The lowest BCUT2D eigenvalue weighted by molar-refractivity contribution is 0.0948. The average Bonchev–Trinajstić information content (AvgIpc) is 2.86. The van der Waals surface area contributed by atoms with Gasteiger partial charge in [0, 0.05) is 70.8 Å². The number of methoxy groups -OCH3 is 1. The third-order valence-corrected chi connectivity index (χ3v) is 6.57. The van der Waals surface area contributed by atoms with Crippen molar-refractivity contribution in [1.29, 1.82) is 0 Å². The first-order valence-electron chi connectivity index (χ1n) is 11.7. The van der Waals surface area contributed by atoms with Gasteiger partial charge in [0.25, 0.3) is 11.5 Å². The third-order valence-electron chi connectivity index (χ3n) is 6.25. The minimum absolute atomic E-state index is 0.174. The van der Waals surface area contributed by atoms with E-state index in [9.17, 15) is 14.0 Å². The highest BCUT2D eigenvalue weighted by molar-refractivity contribution is 7.71. The molecule has 0 radical (unpaired) electrons. The Bertz CT molecular complexity index is 1280. The number of H-pyrrole nitrogens is 1. The van der Waals surface area contributed by atoms with Crippen LogP contribution in [0.15, 0.2) is 47.3 Å². The minimum Gasteiger partial charge on any atom is -0.385 e. The van der Waals surface area contributed by atoms with Crippen molar-refractivity contribution in [1.82, 2.24) is 19.8 Å². The van der Waals surface area contributed by atoms with Gasteiger partial charge in [0.05, 0.1) is 10.9 Å². The molecule has 3 aromatic rings. The fraction of sp³-hybridized carbons (Fsp3) is 0.400. The van der Waals surface area contributed by atoms with Crippen molar-refractivity contribution in [3.8, 4) is 0 Å². The Morgan fingerprint density at radius 3 is 2.57 bits per heavy atom.